The van der Waals surface area contributed by atoms with E-state index in [2.05, 4.69) is 22.8 Å². The summed E-state index contributed by atoms with van der Waals surface area (Å²) in [7, 11) is 0. The van der Waals surface area contributed by atoms with Crippen LogP contribution >= 0.6 is 12.4 Å². The highest BCUT2D eigenvalue weighted by molar-refractivity contribution is 5.85. The second-order valence-corrected chi connectivity index (χ2v) is 4.72. The average Bonchev–Trinajstić information content (AvgIpc) is 2.52. The maximum atomic E-state index is 10.5. The number of non-ortho nitro benzene ring substituents is 1. The zero-order valence-corrected chi connectivity index (χ0v) is 13.0. The van der Waals surface area contributed by atoms with E-state index in [1.165, 1.54) is 17.7 Å². The number of nitrogens with zero attached hydrogens (tertiary/aromatic N) is 1. The van der Waals surface area contributed by atoms with Gasteiger partial charge in [-0.25, -0.2) is 0 Å². The molecule has 0 amide bonds. The van der Waals surface area contributed by atoms with E-state index in [0.29, 0.717) is 0 Å². The zero-order valence-electron chi connectivity index (χ0n) is 12.2. The first kappa shape index (κ1) is 17.9. The van der Waals surface area contributed by atoms with Gasteiger partial charge in [0.2, 0.25) is 0 Å². The zero-order chi connectivity index (χ0) is 14.9. The topological polar surface area (TPSA) is 67.2 Å². The Morgan fingerprint density at radius 2 is 1.59 bits per heavy atom. The normalized spacial score (nSPS) is 9.82. The van der Waals surface area contributed by atoms with Crippen LogP contribution in [0.5, 0.6) is 0 Å². The van der Waals surface area contributed by atoms with Gasteiger partial charge in [-0.15, -0.1) is 12.4 Å². The molecule has 0 bridgehead atoms. The summed E-state index contributed by atoms with van der Waals surface area (Å²) in [4.78, 5) is 10.1. The fraction of sp³-hybridized carbons (Fsp3) is 0.250. The number of anilines is 1. The Kier molecular flexibility index (Phi) is 7.96. The molecular weight excluding hydrogens is 302 g/mol. The van der Waals surface area contributed by atoms with Crippen LogP contribution in [0.2, 0.25) is 0 Å². The minimum atomic E-state index is -0.394. The maximum Gasteiger partial charge on any atom is 0.269 e. The minimum absolute atomic E-state index is 0. The van der Waals surface area contributed by atoms with E-state index >= 15 is 0 Å². The Hall–Kier alpha value is -2.11. The number of nitrogens with one attached hydrogen (secondary N) is 2. The van der Waals surface area contributed by atoms with Crippen LogP contribution in [0.1, 0.15) is 5.56 Å². The first-order chi connectivity index (χ1) is 10.3. The van der Waals surface area contributed by atoms with Gasteiger partial charge in [-0.05, 0) is 30.7 Å². The molecule has 0 heterocycles. The van der Waals surface area contributed by atoms with Crippen LogP contribution < -0.4 is 10.6 Å². The number of halogens is 1. The van der Waals surface area contributed by atoms with Crippen LogP contribution in [0.3, 0.4) is 0 Å². The van der Waals surface area contributed by atoms with Gasteiger partial charge < -0.3 is 10.6 Å². The molecule has 118 valence electrons. The van der Waals surface area contributed by atoms with E-state index < -0.39 is 4.92 Å². The highest BCUT2D eigenvalue weighted by Gasteiger charge is 2.02. The summed E-state index contributed by atoms with van der Waals surface area (Å²) in [6.45, 7) is 2.57. The van der Waals surface area contributed by atoms with Crippen molar-refractivity contribution in [3.05, 3.63) is 70.3 Å². The van der Waals surface area contributed by atoms with E-state index in [9.17, 15) is 10.1 Å². The van der Waals surface area contributed by atoms with Crippen molar-refractivity contribution < 1.29 is 4.92 Å². The molecule has 6 heteroatoms. The number of benzene rings is 2. The number of hydrogen-bond donors (Lipinski definition) is 2. The van der Waals surface area contributed by atoms with Crippen molar-refractivity contribution in [3.63, 3.8) is 0 Å². The molecule has 0 aromatic heterocycles. The van der Waals surface area contributed by atoms with Crippen molar-refractivity contribution in [1.29, 1.82) is 0 Å². The van der Waals surface area contributed by atoms with Crippen LogP contribution in [0, 0.1) is 10.1 Å². The highest BCUT2D eigenvalue weighted by Crippen LogP contribution is 2.14. The van der Waals surface area contributed by atoms with Gasteiger partial charge in [-0.1, -0.05) is 30.3 Å². The van der Waals surface area contributed by atoms with Gasteiger partial charge in [-0.3, -0.25) is 10.1 Å². The average molecular weight is 322 g/mol. The molecule has 0 aliphatic rings. The molecule has 0 radical (unpaired) electrons. The molecule has 0 saturated heterocycles. The Morgan fingerprint density at radius 1 is 0.909 bits per heavy atom. The fourth-order valence-corrected chi connectivity index (χ4v) is 2.00. The molecule has 22 heavy (non-hydrogen) atoms. The molecule has 5 nitrogen and oxygen atoms in total. The third kappa shape index (κ3) is 6.11. The summed E-state index contributed by atoms with van der Waals surface area (Å²) in [6, 6.07) is 16.8. The SMILES string of the molecule is Cl.O=[N+]([O-])c1ccc(NCCNCCc2ccccc2)cc1. The third-order valence-corrected chi connectivity index (χ3v) is 3.14. The lowest BCUT2D eigenvalue weighted by molar-refractivity contribution is -0.384. The Morgan fingerprint density at radius 3 is 2.23 bits per heavy atom. The van der Waals surface area contributed by atoms with Gasteiger partial charge in [0.05, 0.1) is 4.92 Å². The quantitative estimate of drug-likeness (QED) is 0.445. The van der Waals surface area contributed by atoms with Crippen molar-refractivity contribution in [2.45, 2.75) is 6.42 Å². The van der Waals surface area contributed by atoms with Gasteiger partial charge in [0, 0.05) is 30.9 Å². The standard InChI is InChI=1S/C16H19N3O2.ClH/c20-19(21)16-8-6-15(7-9-16)18-13-12-17-11-10-14-4-2-1-3-5-14;/h1-9,17-18H,10-13H2;1H. The van der Waals surface area contributed by atoms with Gasteiger partial charge in [0.15, 0.2) is 0 Å². The molecule has 0 aliphatic carbocycles. The lowest BCUT2D eigenvalue weighted by Crippen LogP contribution is -2.24. The van der Waals surface area contributed by atoms with Gasteiger partial charge in [-0.2, -0.15) is 0 Å². The van der Waals surface area contributed by atoms with E-state index in [1.807, 2.05) is 18.2 Å². The largest absolute Gasteiger partial charge is 0.384 e. The van der Waals surface area contributed by atoms with Crippen molar-refractivity contribution in [2.75, 3.05) is 25.0 Å². The van der Waals surface area contributed by atoms with Crippen LogP contribution in [0.15, 0.2) is 54.6 Å². The number of rotatable bonds is 8. The van der Waals surface area contributed by atoms with Gasteiger partial charge in [0.25, 0.3) is 5.69 Å². The van der Waals surface area contributed by atoms with Gasteiger partial charge >= 0.3 is 0 Å². The van der Waals surface area contributed by atoms with Crippen molar-refractivity contribution in [1.82, 2.24) is 5.32 Å². The fourth-order valence-electron chi connectivity index (χ4n) is 2.00. The summed E-state index contributed by atoms with van der Waals surface area (Å²) in [5.74, 6) is 0. The van der Waals surface area contributed by atoms with Gasteiger partial charge in [0.1, 0.15) is 0 Å². The Balaban J connectivity index is 0.00000242. The Labute approximate surface area is 136 Å². The third-order valence-electron chi connectivity index (χ3n) is 3.14. The molecular formula is C16H20ClN3O2. The monoisotopic (exact) mass is 321 g/mol. The molecule has 0 unspecified atom stereocenters. The van der Waals surface area contributed by atoms with Crippen LogP contribution in [-0.4, -0.2) is 24.6 Å². The summed E-state index contributed by atoms with van der Waals surface area (Å²) in [5.41, 5.74) is 2.33. The van der Waals surface area contributed by atoms with E-state index in [0.717, 1.165) is 31.7 Å². The smallest absolute Gasteiger partial charge is 0.269 e. The van der Waals surface area contributed by atoms with Crippen molar-refractivity contribution in [3.8, 4) is 0 Å². The lowest BCUT2D eigenvalue weighted by atomic mass is 10.1. The minimum Gasteiger partial charge on any atom is -0.384 e. The molecule has 0 saturated carbocycles. The van der Waals surface area contributed by atoms with E-state index in [4.69, 9.17) is 0 Å². The van der Waals surface area contributed by atoms with Crippen LogP contribution in [-0.2, 0) is 6.42 Å². The Bertz CT molecular complexity index is 561. The van der Waals surface area contributed by atoms with E-state index in [1.54, 1.807) is 12.1 Å². The molecule has 0 aliphatic heterocycles. The van der Waals surface area contributed by atoms with Crippen molar-refractivity contribution >= 4 is 23.8 Å². The first-order valence-electron chi connectivity index (χ1n) is 6.99. The maximum absolute atomic E-state index is 10.5. The highest BCUT2D eigenvalue weighted by atomic mass is 35.5. The predicted octanol–water partition coefficient (Wildman–Crippen LogP) is 3.26. The molecule has 2 aromatic carbocycles. The van der Waals surface area contributed by atoms with Crippen molar-refractivity contribution in [2.24, 2.45) is 0 Å². The number of nitro groups is 1. The summed E-state index contributed by atoms with van der Waals surface area (Å²) in [6.07, 6.45) is 1.01. The van der Waals surface area contributed by atoms with Crippen LogP contribution in [0.4, 0.5) is 11.4 Å². The van der Waals surface area contributed by atoms with E-state index in [-0.39, 0.29) is 18.1 Å². The van der Waals surface area contributed by atoms with Crippen LogP contribution in [0.25, 0.3) is 0 Å². The molecule has 0 fully saturated rings. The molecule has 2 aromatic rings. The second kappa shape index (κ2) is 9.76. The predicted molar refractivity (Wildman–Crippen MR) is 91.8 cm³/mol. The summed E-state index contributed by atoms with van der Waals surface area (Å²) in [5, 5.41) is 17.1. The summed E-state index contributed by atoms with van der Waals surface area (Å²) >= 11 is 0. The second-order valence-electron chi connectivity index (χ2n) is 4.72. The number of hydrogen-bond acceptors (Lipinski definition) is 4. The molecule has 2 rings (SSSR count). The summed E-state index contributed by atoms with van der Waals surface area (Å²) < 4.78 is 0. The first-order valence-corrected chi connectivity index (χ1v) is 6.99. The lowest BCUT2D eigenvalue weighted by Gasteiger charge is -2.07. The number of nitro benzene ring substituents is 1. The molecule has 0 spiro atoms. The molecule has 2 N–H and O–H groups in total. The molecule has 0 atom stereocenters.